The minimum atomic E-state index is -0.828. The van der Waals surface area contributed by atoms with Gasteiger partial charge < -0.3 is 14.2 Å². The van der Waals surface area contributed by atoms with Gasteiger partial charge in [-0.15, -0.1) is 0 Å². The van der Waals surface area contributed by atoms with E-state index < -0.39 is 17.9 Å². The number of ether oxygens (including phenoxy) is 3. The van der Waals surface area contributed by atoms with Crippen LogP contribution in [0.3, 0.4) is 0 Å². The lowest BCUT2D eigenvalue weighted by Gasteiger charge is -2.15. The van der Waals surface area contributed by atoms with Crippen molar-refractivity contribution in [1.82, 2.24) is 10.9 Å². The minimum absolute atomic E-state index is 0.279. The van der Waals surface area contributed by atoms with Gasteiger partial charge >= 0.3 is 0 Å². The predicted molar refractivity (Wildman–Crippen MR) is 101 cm³/mol. The molecular formula is C18H18Cl2N2O5. The number of hydrogen-bond donors (Lipinski definition) is 2. The second kappa shape index (κ2) is 9.89. The molecule has 2 rings (SSSR count). The Labute approximate surface area is 166 Å². The third-order valence-corrected chi connectivity index (χ3v) is 3.85. The van der Waals surface area contributed by atoms with Crippen molar-refractivity contribution in [3.8, 4) is 17.2 Å². The Morgan fingerprint density at radius 2 is 1.70 bits per heavy atom. The molecule has 7 nitrogen and oxygen atoms in total. The largest absolute Gasteiger partial charge is 0.497 e. The third-order valence-electron chi connectivity index (χ3n) is 3.32. The quantitative estimate of drug-likeness (QED) is 0.682. The molecule has 0 saturated carbocycles. The number of nitrogens with one attached hydrogen (secondary N) is 2. The lowest BCUT2D eigenvalue weighted by Crippen LogP contribution is -2.48. The molecule has 0 heterocycles. The average molecular weight is 413 g/mol. The van der Waals surface area contributed by atoms with Crippen LogP contribution in [-0.4, -0.2) is 31.6 Å². The van der Waals surface area contributed by atoms with E-state index in [1.54, 1.807) is 50.4 Å². The standard InChI is InChI=1S/C18H18Cl2N2O5/c1-11(27-14-6-4-13(25-2)5-7-14)18(24)22-21-17(23)10-26-16-8-3-12(19)9-15(16)20/h3-9,11H,10H2,1-2H3,(H,21,23)(H,22,24). The molecular weight excluding hydrogens is 395 g/mol. The van der Waals surface area contributed by atoms with E-state index in [1.807, 2.05) is 0 Å². The summed E-state index contributed by atoms with van der Waals surface area (Å²) in [6.45, 7) is 1.21. The first-order valence-corrected chi connectivity index (χ1v) is 8.62. The molecule has 2 aromatic carbocycles. The molecule has 27 heavy (non-hydrogen) atoms. The third kappa shape index (κ3) is 6.54. The van der Waals surface area contributed by atoms with Gasteiger partial charge in [-0.3, -0.25) is 20.4 Å². The van der Waals surface area contributed by atoms with Crippen molar-refractivity contribution in [3.63, 3.8) is 0 Å². The maximum absolute atomic E-state index is 12.0. The molecule has 0 aliphatic carbocycles. The van der Waals surface area contributed by atoms with E-state index >= 15 is 0 Å². The van der Waals surface area contributed by atoms with E-state index in [-0.39, 0.29) is 11.6 Å². The first kappa shape index (κ1) is 20.7. The fourth-order valence-corrected chi connectivity index (χ4v) is 2.38. The molecule has 0 saturated heterocycles. The fourth-order valence-electron chi connectivity index (χ4n) is 1.92. The molecule has 0 aliphatic rings. The zero-order chi connectivity index (χ0) is 19.8. The van der Waals surface area contributed by atoms with Crippen LogP contribution in [0.25, 0.3) is 0 Å². The van der Waals surface area contributed by atoms with Crippen LogP contribution < -0.4 is 25.1 Å². The van der Waals surface area contributed by atoms with Crippen molar-refractivity contribution in [2.45, 2.75) is 13.0 Å². The fraction of sp³-hybridized carbons (Fsp3) is 0.222. The Kier molecular flexibility index (Phi) is 7.57. The molecule has 0 aliphatic heterocycles. The van der Waals surface area contributed by atoms with Crippen LogP contribution in [0.1, 0.15) is 6.92 Å². The van der Waals surface area contributed by atoms with Crippen LogP contribution in [0.15, 0.2) is 42.5 Å². The van der Waals surface area contributed by atoms with Crippen LogP contribution in [-0.2, 0) is 9.59 Å². The maximum Gasteiger partial charge on any atom is 0.279 e. The molecule has 1 atom stereocenters. The topological polar surface area (TPSA) is 85.9 Å². The average Bonchev–Trinajstić information content (AvgIpc) is 2.66. The second-order valence-corrected chi connectivity index (χ2v) is 6.18. The summed E-state index contributed by atoms with van der Waals surface area (Å²) in [5, 5.41) is 0.732. The zero-order valence-corrected chi connectivity index (χ0v) is 16.1. The summed E-state index contributed by atoms with van der Waals surface area (Å²) in [5.41, 5.74) is 4.50. The van der Waals surface area contributed by atoms with E-state index in [0.717, 1.165) is 0 Å². The van der Waals surface area contributed by atoms with E-state index in [1.165, 1.54) is 6.07 Å². The smallest absolute Gasteiger partial charge is 0.279 e. The van der Waals surface area contributed by atoms with Crippen molar-refractivity contribution in [1.29, 1.82) is 0 Å². The van der Waals surface area contributed by atoms with Gasteiger partial charge in [-0.25, -0.2) is 0 Å². The highest BCUT2D eigenvalue weighted by Gasteiger charge is 2.16. The van der Waals surface area contributed by atoms with E-state index in [4.69, 9.17) is 37.4 Å². The Hall–Kier alpha value is -2.64. The van der Waals surface area contributed by atoms with Gasteiger partial charge in [0.05, 0.1) is 12.1 Å². The lowest BCUT2D eigenvalue weighted by molar-refractivity contribution is -0.133. The summed E-state index contributed by atoms with van der Waals surface area (Å²) < 4.78 is 15.8. The van der Waals surface area contributed by atoms with Gasteiger partial charge in [-0.1, -0.05) is 23.2 Å². The van der Waals surface area contributed by atoms with Crippen molar-refractivity contribution in [2.75, 3.05) is 13.7 Å². The van der Waals surface area contributed by atoms with Gasteiger partial charge in [0.1, 0.15) is 17.2 Å². The van der Waals surface area contributed by atoms with Gasteiger partial charge in [0.2, 0.25) is 0 Å². The summed E-state index contributed by atoms with van der Waals surface area (Å²) in [5.74, 6) is 0.381. The molecule has 0 radical (unpaired) electrons. The molecule has 0 spiro atoms. The Bertz CT molecular complexity index is 799. The number of rotatable bonds is 7. The van der Waals surface area contributed by atoms with Crippen molar-refractivity contribution in [2.24, 2.45) is 0 Å². The number of hydrazine groups is 1. The Balaban J connectivity index is 1.75. The van der Waals surface area contributed by atoms with E-state index in [2.05, 4.69) is 10.9 Å². The summed E-state index contributed by atoms with van der Waals surface area (Å²) in [6.07, 6.45) is -0.828. The van der Waals surface area contributed by atoms with Gasteiger partial charge in [0.15, 0.2) is 12.7 Å². The lowest BCUT2D eigenvalue weighted by atomic mass is 10.3. The molecule has 2 N–H and O–H groups in total. The Morgan fingerprint density at radius 3 is 2.33 bits per heavy atom. The van der Waals surface area contributed by atoms with Crippen molar-refractivity contribution >= 4 is 35.0 Å². The predicted octanol–water partition coefficient (Wildman–Crippen LogP) is 3.00. The maximum atomic E-state index is 12.0. The number of hydrogen-bond acceptors (Lipinski definition) is 5. The number of amides is 2. The normalized spacial score (nSPS) is 11.3. The molecule has 0 fully saturated rings. The van der Waals surface area contributed by atoms with E-state index in [9.17, 15) is 9.59 Å². The molecule has 0 aromatic heterocycles. The minimum Gasteiger partial charge on any atom is -0.497 e. The summed E-state index contributed by atoms with van der Waals surface area (Å²) in [4.78, 5) is 23.8. The van der Waals surface area contributed by atoms with Gasteiger partial charge in [0.25, 0.3) is 11.8 Å². The molecule has 2 aromatic rings. The highest BCUT2D eigenvalue weighted by molar-refractivity contribution is 6.35. The van der Waals surface area contributed by atoms with Gasteiger partial charge in [-0.05, 0) is 49.4 Å². The molecule has 1 unspecified atom stereocenters. The molecule has 144 valence electrons. The van der Waals surface area contributed by atoms with Gasteiger partial charge in [-0.2, -0.15) is 0 Å². The van der Waals surface area contributed by atoms with Crippen LogP contribution in [0, 0.1) is 0 Å². The van der Waals surface area contributed by atoms with Crippen molar-refractivity contribution < 1.29 is 23.8 Å². The SMILES string of the molecule is COc1ccc(OC(C)C(=O)NNC(=O)COc2ccc(Cl)cc2Cl)cc1. The zero-order valence-electron chi connectivity index (χ0n) is 14.6. The van der Waals surface area contributed by atoms with Gasteiger partial charge in [0, 0.05) is 5.02 Å². The van der Waals surface area contributed by atoms with Crippen LogP contribution >= 0.6 is 23.2 Å². The molecule has 0 bridgehead atoms. The first-order valence-electron chi connectivity index (χ1n) is 7.86. The number of halogens is 2. The van der Waals surface area contributed by atoms with Crippen LogP contribution in [0.2, 0.25) is 10.0 Å². The van der Waals surface area contributed by atoms with Crippen LogP contribution in [0.5, 0.6) is 17.2 Å². The molecule has 2 amide bonds. The highest BCUT2D eigenvalue weighted by Crippen LogP contribution is 2.27. The summed E-state index contributed by atoms with van der Waals surface area (Å²) >= 11 is 11.7. The summed E-state index contributed by atoms with van der Waals surface area (Å²) in [7, 11) is 1.55. The highest BCUT2D eigenvalue weighted by atomic mass is 35.5. The molecule has 9 heteroatoms. The number of methoxy groups -OCH3 is 1. The first-order chi connectivity index (χ1) is 12.9. The summed E-state index contributed by atoms with van der Waals surface area (Å²) in [6, 6.07) is 11.4. The number of benzene rings is 2. The van der Waals surface area contributed by atoms with E-state index in [0.29, 0.717) is 22.3 Å². The van der Waals surface area contributed by atoms with Crippen molar-refractivity contribution in [3.05, 3.63) is 52.5 Å². The number of carbonyl (C=O) groups is 2. The number of carbonyl (C=O) groups excluding carboxylic acids is 2. The second-order valence-electron chi connectivity index (χ2n) is 5.34. The Morgan fingerprint density at radius 1 is 1.04 bits per heavy atom. The monoisotopic (exact) mass is 412 g/mol. The van der Waals surface area contributed by atoms with Crippen LogP contribution in [0.4, 0.5) is 0 Å².